The van der Waals surface area contributed by atoms with E-state index < -0.39 is 0 Å². The molecule has 7 nitrogen and oxygen atoms in total. The summed E-state index contributed by atoms with van der Waals surface area (Å²) in [5.41, 5.74) is 2.32. The molecular weight excluding hydrogens is 777 g/mol. The second-order valence-corrected chi connectivity index (χ2v) is 22.2. The molecule has 0 N–H and O–H groups in total. The van der Waals surface area contributed by atoms with Crippen molar-refractivity contribution in [2.45, 2.75) is 202 Å². The van der Waals surface area contributed by atoms with E-state index in [1.54, 1.807) is 5.57 Å². The maximum atomic E-state index is 13.3. The molecule has 0 spiro atoms. The number of amides is 1. The van der Waals surface area contributed by atoms with Crippen molar-refractivity contribution >= 4 is 28.9 Å². The summed E-state index contributed by atoms with van der Waals surface area (Å²) in [7, 11) is 4.06. The molecule has 0 heterocycles. The predicted octanol–water partition coefficient (Wildman–Crippen LogP) is 13.8. The van der Waals surface area contributed by atoms with E-state index in [1.807, 2.05) is 25.1 Å². The average Bonchev–Trinajstić information content (AvgIpc) is 3.58. The van der Waals surface area contributed by atoms with Crippen LogP contribution >= 0.6 is 11.8 Å². The molecule has 0 aromatic rings. The van der Waals surface area contributed by atoms with E-state index in [-0.39, 0.29) is 28.7 Å². The molecule has 0 aromatic heterocycles. The summed E-state index contributed by atoms with van der Waals surface area (Å²) in [6.07, 6.45) is 32.9. The predicted molar refractivity (Wildman–Crippen MR) is 257 cm³/mol. The van der Waals surface area contributed by atoms with E-state index in [9.17, 15) is 14.4 Å². The van der Waals surface area contributed by atoms with Crippen molar-refractivity contribution in [2.24, 2.45) is 46.3 Å². The van der Waals surface area contributed by atoms with Crippen molar-refractivity contribution in [3.05, 3.63) is 23.8 Å². The molecule has 0 radical (unpaired) electrons. The number of carbonyl (C=O) groups excluding carboxylic acids is 3. The van der Waals surface area contributed by atoms with Crippen LogP contribution in [0.5, 0.6) is 0 Å². The maximum Gasteiger partial charge on any atom is 0.306 e. The number of carbonyl (C=O) groups is 3. The topological polar surface area (TPSA) is 76.1 Å². The zero-order chi connectivity index (χ0) is 44.3. The number of fused-ring (bicyclic) bond motifs is 5. The van der Waals surface area contributed by atoms with Crippen LogP contribution in [-0.4, -0.2) is 79.2 Å². The van der Waals surface area contributed by atoms with Gasteiger partial charge in [0.05, 0.1) is 0 Å². The largest absolute Gasteiger partial charge is 0.462 e. The van der Waals surface area contributed by atoms with Gasteiger partial charge in [-0.2, -0.15) is 0 Å². The van der Waals surface area contributed by atoms with E-state index >= 15 is 0 Å². The Hall–Kier alpha value is -1.80. The quantitative estimate of drug-likeness (QED) is 0.0440. The van der Waals surface area contributed by atoms with Crippen LogP contribution < -0.4 is 0 Å². The fraction of sp³-hybridized carbons (Fsp3) is 0.868. The van der Waals surface area contributed by atoms with Crippen molar-refractivity contribution in [3.8, 4) is 0 Å². The number of hydrogen-bond acceptors (Lipinski definition) is 7. The van der Waals surface area contributed by atoms with Crippen LogP contribution in [0.4, 0.5) is 4.79 Å². The highest BCUT2D eigenvalue weighted by Crippen LogP contribution is 2.67. The first-order chi connectivity index (χ1) is 29.3. The maximum absolute atomic E-state index is 13.3. The first-order valence-corrected chi connectivity index (χ1v) is 26.5. The number of unbranched alkanes of at least 4 members (excludes halogenated alkanes) is 8. The smallest absolute Gasteiger partial charge is 0.306 e. The number of esters is 2. The van der Waals surface area contributed by atoms with Crippen molar-refractivity contribution in [1.29, 1.82) is 0 Å². The summed E-state index contributed by atoms with van der Waals surface area (Å²) in [6.45, 7) is 17.3. The molecule has 3 fully saturated rings. The number of rotatable bonds is 28. The molecule has 0 aromatic carbocycles. The van der Waals surface area contributed by atoms with Gasteiger partial charge in [0.2, 0.25) is 0 Å². The monoisotopic (exact) mass is 869 g/mol. The van der Waals surface area contributed by atoms with Crippen LogP contribution in [0, 0.1) is 46.3 Å². The van der Waals surface area contributed by atoms with Crippen molar-refractivity contribution < 1.29 is 23.9 Å². The molecule has 61 heavy (non-hydrogen) atoms. The number of hydrogen-bond donors (Lipinski definition) is 0. The fourth-order valence-electron chi connectivity index (χ4n) is 12.3. The van der Waals surface area contributed by atoms with Gasteiger partial charge in [-0.1, -0.05) is 135 Å². The van der Waals surface area contributed by atoms with Crippen LogP contribution in [0.1, 0.15) is 196 Å². The Kier molecular flexibility index (Phi) is 22.8. The van der Waals surface area contributed by atoms with Gasteiger partial charge < -0.3 is 19.3 Å². The molecule has 3 saturated carbocycles. The molecule has 0 aliphatic heterocycles. The minimum atomic E-state index is -0.117. The Morgan fingerprint density at radius 3 is 2.31 bits per heavy atom. The van der Waals surface area contributed by atoms with Gasteiger partial charge >= 0.3 is 11.9 Å². The van der Waals surface area contributed by atoms with Gasteiger partial charge in [0.1, 0.15) is 12.7 Å². The summed E-state index contributed by atoms with van der Waals surface area (Å²) in [4.78, 5) is 42.7. The molecule has 0 bridgehead atoms. The molecule has 4 rings (SSSR count). The fourth-order valence-corrected chi connectivity index (χ4v) is 13.3. The lowest BCUT2D eigenvalue weighted by Crippen LogP contribution is -2.51. The molecule has 4 aliphatic rings. The molecule has 0 saturated heterocycles. The Labute approximate surface area is 379 Å². The summed E-state index contributed by atoms with van der Waals surface area (Å²) in [5, 5.41) is 0.106. The Morgan fingerprint density at radius 2 is 1.54 bits per heavy atom. The molecule has 4 aliphatic carbocycles. The third-order valence-corrected chi connectivity index (χ3v) is 16.8. The number of allylic oxidation sites excluding steroid dienone is 2. The van der Waals surface area contributed by atoms with Gasteiger partial charge in [0, 0.05) is 44.6 Å². The lowest BCUT2D eigenvalue weighted by atomic mass is 9.47. The molecule has 350 valence electrons. The van der Waals surface area contributed by atoms with Gasteiger partial charge in [-0.25, -0.2) is 0 Å². The van der Waals surface area contributed by atoms with Gasteiger partial charge in [0.15, 0.2) is 0 Å². The van der Waals surface area contributed by atoms with Crippen molar-refractivity contribution in [3.63, 3.8) is 0 Å². The number of thioether (sulfide) groups is 1. The van der Waals surface area contributed by atoms with E-state index in [2.05, 4.69) is 58.6 Å². The highest BCUT2D eigenvalue weighted by atomic mass is 32.2. The van der Waals surface area contributed by atoms with E-state index in [1.165, 1.54) is 88.8 Å². The lowest BCUT2D eigenvalue weighted by molar-refractivity contribution is -0.151. The minimum Gasteiger partial charge on any atom is -0.462 e. The van der Waals surface area contributed by atoms with Crippen LogP contribution in [0.15, 0.2) is 23.8 Å². The highest BCUT2D eigenvalue weighted by Gasteiger charge is 2.59. The van der Waals surface area contributed by atoms with Gasteiger partial charge in [0.25, 0.3) is 5.24 Å². The first kappa shape index (κ1) is 51.8. The van der Waals surface area contributed by atoms with Crippen LogP contribution in [0.25, 0.3) is 0 Å². The zero-order valence-electron chi connectivity index (χ0n) is 40.6. The zero-order valence-corrected chi connectivity index (χ0v) is 41.4. The standard InChI is InChI=1S/C53H92N2O5S/c1-9-10-11-12-13-17-20-38-59-49(56)25-18-15-14-16-19-35-55(51(58)61-39-37-54(7)8)36-22-26-50(57)60-44-31-33-52(5)43(40-44)27-28-45-47-30-29-46(42(4)24-21-23-41(2)3)53(47,6)34-32-48(45)52/h17,20,27,41-42,44-48H,9-16,18-19,21-26,28-40H2,1-8H3/b20-17-/t42-,44+,45+,46-,47+,48+,52+,53-/m1/s1. The second-order valence-electron chi connectivity index (χ2n) is 21.2. The van der Waals surface area contributed by atoms with Crippen LogP contribution in [-0.2, 0) is 19.1 Å². The van der Waals surface area contributed by atoms with Crippen molar-refractivity contribution in [1.82, 2.24) is 9.80 Å². The summed E-state index contributed by atoms with van der Waals surface area (Å²) in [6, 6.07) is 0. The third-order valence-electron chi connectivity index (χ3n) is 15.9. The first-order valence-electron chi connectivity index (χ1n) is 25.5. The van der Waals surface area contributed by atoms with Crippen LogP contribution in [0.2, 0.25) is 0 Å². The van der Waals surface area contributed by atoms with Gasteiger partial charge in [-0.3, -0.25) is 14.4 Å². The normalized spacial score (nSPS) is 27.7. The van der Waals surface area contributed by atoms with Gasteiger partial charge in [-0.05, 0) is 137 Å². The second kappa shape index (κ2) is 26.9. The number of ether oxygens (including phenoxy) is 2. The molecule has 8 heteroatoms. The SMILES string of the molecule is CCCCCC/C=C\COC(=O)CCCCCCCN(CCCC(=O)O[C@H]1CC[C@@]2(C)C(=CC[C@H]3[C@@H]4CC[C@H]([C@H](C)CCCC(C)C)[C@@]4(C)CC[C@@H]32)C1)C(=O)SCCN(C)C. The Bertz CT molecular complexity index is 1380. The average molecular weight is 869 g/mol. The third kappa shape index (κ3) is 16.3. The molecule has 1 amide bonds. The Morgan fingerprint density at radius 1 is 0.803 bits per heavy atom. The molecular formula is C53H92N2O5S. The lowest BCUT2D eigenvalue weighted by Gasteiger charge is -2.58. The summed E-state index contributed by atoms with van der Waals surface area (Å²) < 4.78 is 11.6. The summed E-state index contributed by atoms with van der Waals surface area (Å²) in [5.74, 6) is 5.49. The molecule has 8 atom stereocenters. The number of nitrogens with zero attached hydrogens (tertiary/aromatic N) is 2. The highest BCUT2D eigenvalue weighted by molar-refractivity contribution is 8.13. The summed E-state index contributed by atoms with van der Waals surface area (Å²) >= 11 is 1.38. The molecule has 0 unspecified atom stereocenters. The minimum absolute atomic E-state index is 0.0251. The van der Waals surface area contributed by atoms with E-state index in [4.69, 9.17) is 9.47 Å². The van der Waals surface area contributed by atoms with Gasteiger partial charge in [-0.15, -0.1) is 0 Å². The van der Waals surface area contributed by atoms with E-state index in [0.717, 1.165) is 106 Å². The van der Waals surface area contributed by atoms with Crippen LogP contribution in [0.3, 0.4) is 0 Å². The van der Waals surface area contributed by atoms with E-state index in [0.29, 0.717) is 44.4 Å². The van der Waals surface area contributed by atoms with Crippen molar-refractivity contribution in [2.75, 3.05) is 46.1 Å². The Balaban J connectivity index is 1.16.